The molecule has 0 aromatic carbocycles. The van der Waals surface area contributed by atoms with Gasteiger partial charge in [0, 0.05) is 28.9 Å². The maximum absolute atomic E-state index is 11.2. The first-order valence-corrected chi connectivity index (χ1v) is 12.2. The highest BCUT2D eigenvalue weighted by Gasteiger charge is 2.46. The molecular weight excluding hydrogens is 504 g/mol. The molecule has 12 nitrogen and oxygen atoms in total. The fourth-order valence-electron chi connectivity index (χ4n) is 3.63. The number of thioether (sulfide) groups is 1. The Morgan fingerprint density at radius 2 is 2.12 bits per heavy atom. The summed E-state index contributed by atoms with van der Waals surface area (Å²) in [7, 11) is 0. The summed E-state index contributed by atoms with van der Waals surface area (Å²) in [5.74, 6) is 0.517. The van der Waals surface area contributed by atoms with Crippen LogP contribution in [0.1, 0.15) is 6.04 Å². The summed E-state index contributed by atoms with van der Waals surface area (Å²) in [6.07, 6.45) is 2.84. The molecule has 0 amide bonds. The average molecular weight is 523 g/mol. The van der Waals surface area contributed by atoms with Crippen LogP contribution in [0.15, 0.2) is 41.1 Å². The Kier molecular flexibility index (Phi) is 6.52. The molecule has 1 aliphatic heterocycles. The number of aliphatic hydroxyl groups is 3. The lowest BCUT2D eigenvalue weighted by Crippen LogP contribution is -2.55. The molecule has 3 unspecified atom stereocenters. The molecule has 0 radical (unpaired) electrons. The lowest BCUT2D eigenvalue weighted by molar-refractivity contribution is -0.178. The van der Waals surface area contributed by atoms with E-state index in [9.17, 15) is 15.3 Å². The zero-order valence-corrected chi connectivity index (χ0v) is 19.7. The van der Waals surface area contributed by atoms with Crippen LogP contribution in [0.25, 0.3) is 22.9 Å². The summed E-state index contributed by atoms with van der Waals surface area (Å²) in [6, 6.07) is 0.723. The molecule has 1 aliphatic rings. The quantitative estimate of drug-likeness (QED) is 0.245. The third-order valence-corrected chi connectivity index (χ3v) is 7.30. The maximum Gasteiger partial charge on any atom is 0.180 e. The molecule has 6 N–H and O–H groups in total. The van der Waals surface area contributed by atoms with E-state index in [-0.39, 0.29) is 0 Å². The van der Waals surface area contributed by atoms with E-state index in [0.717, 1.165) is 11.8 Å². The highest BCUT2D eigenvalue weighted by Crippen LogP contribution is 2.41. The molecule has 1 saturated heterocycles. The molecule has 178 valence electrons. The van der Waals surface area contributed by atoms with Gasteiger partial charge in [0.05, 0.1) is 17.8 Å². The van der Waals surface area contributed by atoms with E-state index in [1.807, 2.05) is 0 Å². The first-order chi connectivity index (χ1) is 16.4. The van der Waals surface area contributed by atoms with Crippen molar-refractivity contribution in [3.8, 4) is 22.9 Å². The Morgan fingerprint density at radius 3 is 2.82 bits per heavy atom. The van der Waals surface area contributed by atoms with Crippen molar-refractivity contribution in [2.24, 2.45) is 0 Å². The summed E-state index contributed by atoms with van der Waals surface area (Å²) >= 11 is 8.58. The molecule has 4 aromatic heterocycles. The summed E-state index contributed by atoms with van der Waals surface area (Å²) in [5.41, 5.74) is 6.28. The molecule has 0 spiro atoms. The van der Waals surface area contributed by atoms with Crippen LogP contribution in [-0.4, -0.2) is 80.6 Å². The maximum atomic E-state index is 11.2. The minimum Gasteiger partial charge on any atom is -0.394 e. The van der Waals surface area contributed by atoms with Gasteiger partial charge >= 0.3 is 0 Å². The number of hydrogen-bond acceptors (Lipinski definition) is 12. The molecule has 4 aromatic rings. The molecule has 5 atom stereocenters. The van der Waals surface area contributed by atoms with Crippen molar-refractivity contribution in [3.63, 3.8) is 0 Å². The van der Waals surface area contributed by atoms with Gasteiger partial charge in [-0.2, -0.15) is 0 Å². The van der Waals surface area contributed by atoms with Crippen LogP contribution in [0.2, 0.25) is 5.02 Å². The number of aromatic amines is 1. The van der Waals surface area contributed by atoms with Crippen molar-refractivity contribution in [3.05, 3.63) is 41.3 Å². The molecule has 15 heteroatoms. The van der Waals surface area contributed by atoms with Crippen LogP contribution >= 0.6 is 34.7 Å². The van der Waals surface area contributed by atoms with E-state index < -0.39 is 36.4 Å². The minimum absolute atomic E-state index is 0.384. The number of nitrogens with one attached hydrogen (secondary N) is 1. The number of thiazole rings is 1. The van der Waals surface area contributed by atoms with Crippen molar-refractivity contribution < 1.29 is 20.1 Å². The Hall–Kier alpha value is -2.59. The Labute approximate surface area is 205 Å². The predicted molar refractivity (Wildman–Crippen MR) is 125 cm³/mol. The Morgan fingerprint density at radius 1 is 1.26 bits per heavy atom. The van der Waals surface area contributed by atoms with Gasteiger partial charge in [-0.25, -0.2) is 14.6 Å². The Balaban J connectivity index is 1.46. The third kappa shape index (κ3) is 4.40. The van der Waals surface area contributed by atoms with Crippen molar-refractivity contribution >= 4 is 39.8 Å². The second-order valence-electron chi connectivity index (χ2n) is 7.41. The van der Waals surface area contributed by atoms with Crippen molar-refractivity contribution in [2.45, 2.75) is 34.7 Å². The minimum atomic E-state index is -1.26. The standard InChI is InChI=1S/C19H19ClN8O4S2/c20-8-3-12(13(24-4-8)17-22-1-2-23-17)34-18-16(31)14(15(30)11(6-29)32-18)28-5-9(26-27-28)10-7-33-19(21)25-10/h1-5,7,11,14-16,18,29-31H,6H2,(H2,21,25)(H,22,23)/t11?,14?,15-,16?,18+/m0/s1. The van der Waals surface area contributed by atoms with Crippen LogP contribution < -0.4 is 5.73 Å². The fourth-order valence-corrected chi connectivity index (χ4v) is 5.62. The number of nitrogens with zero attached hydrogens (tertiary/aromatic N) is 6. The predicted octanol–water partition coefficient (Wildman–Crippen LogP) is 1.19. The second kappa shape index (κ2) is 9.58. The van der Waals surface area contributed by atoms with Gasteiger partial charge in [0.2, 0.25) is 0 Å². The number of aliphatic hydroxyl groups excluding tert-OH is 3. The summed E-state index contributed by atoms with van der Waals surface area (Å²) in [6.45, 7) is -0.468. The monoisotopic (exact) mass is 522 g/mol. The lowest BCUT2D eigenvalue weighted by atomic mass is 9.97. The first kappa shape index (κ1) is 23.2. The van der Waals surface area contributed by atoms with Crippen molar-refractivity contribution in [1.29, 1.82) is 0 Å². The molecule has 5 rings (SSSR count). The van der Waals surface area contributed by atoms with E-state index in [1.54, 1.807) is 30.0 Å². The largest absolute Gasteiger partial charge is 0.394 e. The number of rotatable bonds is 6. The van der Waals surface area contributed by atoms with Crippen LogP contribution in [0, 0.1) is 0 Å². The number of pyridine rings is 1. The number of nitrogen functional groups attached to an aromatic ring is 1. The molecule has 34 heavy (non-hydrogen) atoms. The van der Waals surface area contributed by atoms with Crippen LogP contribution in [0.3, 0.4) is 0 Å². The first-order valence-electron chi connectivity index (χ1n) is 10.0. The normalized spacial score (nSPS) is 25.0. The lowest BCUT2D eigenvalue weighted by Gasteiger charge is -2.41. The second-order valence-corrected chi connectivity index (χ2v) is 9.87. The van der Waals surface area contributed by atoms with Crippen LogP contribution in [0.4, 0.5) is 5.13 Å². The summed E-state index contributed by atoms with van der Waals surface area (Å²) in [4.78, 5) is 16.4. The van der Waals surface area contributed by atoms with Gasteiger partial charge in [0.1, 0.15) is 46.9 Å². The van der Waals surface area contributed by atoms with E-state index in [1.165, 1.54) is 22.2 Å². The summed E-state index contributed by atoms with van der Waals surface area (Å²) in [5, 5.41) is 42.6. The van der Waals surface area contributed by atoms with E-state index in [2.05, 4.69) is 30.2 Å². The molecule has 5 heterocycles. The molecule has 0 bridgehead atoms. The number of nitrogens with two attached hydrogens (primary N) is 1. The number of imidazole rings is 1. The number of hydrogen-bond donors (Lipinski definition) is 5. The third-order valence-electron chi connectivity index (χ3n) is 5.23. The van der Waals surface area contributed by atoms with Crippen molar-refractivity contribution in [2.75, 3.05) is 12.3 Å². The van der Waals surface area contributed by atoms with Gasteiger partial charge in [0.15, 0.2) is 11.0 Å². The van der Waals surface area contributed by atoms with Gasteiger partial charge in [0.25, 0.3) is 0 Å². The van der Waals surface area contributed by atoms with E-state index in [0.29, 0.717) is 38.0 Å². The van der Waals surface area contributed by atoms with E-state index >= 15 is 0 Å². The highest BCUT2D eigenvalue weighted by atomic mass is 35.5. The molecule has 1 fully saturated rings. The Bertz CT molecular complexity index is 1270. The van der Waals surface area contributed by atoms with Crippen molar-refractivity contribution in [1.82, 2.24) is 34.9 Å². The van der Waals surface area contributed by atoms with Gasteiger partial charge in [-0.15, -0.1) is 16.4 Å². The van der Waals surface area contributed by atoms with Crippen LogP contribution in [0.5, 0.6) is 0 Å². The van der Waals surface area contributed by atoms with Crippen LogP contribution in [-0.2, 0) is 4.74 Å². The number of ether oxygens (including phenoxy) is 1. The SMILES string of the molecule is Nc1nc(-c2cn(C3C(O)[C@@H](Sc4cc(Cl)cnc4-c4ncc[nH]4)OC(CO)[C@@H]3O)nn2)cs1. The zero-order valence-electron chi connectivity index (χ0n) is 17.3. The van der Waals surface area contributed by atoms with Gasteiger partial charge in [-0.05, 0) is 6.07 Å². The van der Waals surface area contributed by atoms with Gasteiger partial charge < -0.3 is 30.8 Å². The van der Waals surface area contributed by atoms with E-state index in [4.69, 9.17) is 22.1 Å². The van der Waals surface area contributed by atoms with Gasteiger partial charge in [-0.1, -0.05) is 28.6 Å². The zero-order chi connectivity index (χ0) is 23.8. The number of anilines is 1. The molecule has 0 saturated carbocycles. The number of aromatic nitrogens is 7. The highest BCUT2D eigenvalue weighted by molar-refractivity contribution is 8.00. The number of halogens is 1. The number of H-pyrrole nitrogens is 1. The smallest absolute Gasteiger partial charge is 0.180 e. The average Bonchev–Trinajstić information content (AvgIpc) is 3.58. The van der Waals surface area contributed by atoms with Gasteiger partial charge in [-0.3, -0.25) is 4.98 Å². The summed E-state index contributed by atoms with van der Waals surface area (Å²) < 4.78 is 7.20. The molecular formula is C19H19ClN8O4S2. The topological polar surface area (TPSA) is 181 Å². The molecule has 0 aliphatic carbocycles. The fraction of sp³-hybridized carbons (Fsp3) is 0.316.